The second kappa shape index (κ2) is 5.84. The summed E-state index contributed by atoms with van der Waals surface area (Å²) in [5.41, 5.74) is -0.376. The van der Waals surface area contributed by atoms with Gasteiger partial charge in [0.05, 0.1) is 5.69 Å². The van der Waals surface area contributed by atoms with Gasteiger partial charge in [0.1, 0.15) is 4.88 Å². The second-order valence-electron chi connectivity index (χ2n) is 5.10. The van der Waals surface area contributed by atoms with Crippen molar-refractivity contribution in [2.24, 2.45) is 0 Å². The van der Waals surface area contributed by atoms with Crippen molar-refractivity contribution in [3.63, 3.8) is 0 Å². The minimum atomic E-state index is -1.16. The smallest absolute Gasteiger partial charge is 0.331 e. The monoisotopic (exact) mass is 310 g/mol. The van der Waals surface area contributed by atoms with Gasteiger partial charge in [0.25, 0.3) is 0 Å². The highest BCUT2D eigenvalue weighted by atomic mass is 32.1. The number of nitrogens with zero attached hydrogens (tertiary/aromatic N) is 6. The van der Waals surface area contributed by atoms with E-state index in [9.17, 15) is 9.90 Å². The van der Waals surface area contributed by atoms with Crippen LogP contribution in [0.3, 0.4) is 0 Å². The van der Waals surface area contributed by atoms with Gasteiger partial charge in [-0.3, -0.25) is 0 Å². The van der Waals surface area contributed by atoms with E-state index >= 15 is 0 Å². The Labute approximate surface area is 126 Å². The minimum absolute atomic E-state index is 0.159. The van der Waals surface area contributed by atoms with Gasteiger partial charge < -0.3 is 5.11 Å². The molecule has 0 fully saturated rings. The van der Waals surface area contributed by atoms with Crippen LogP contribution in [0.4, 0.5) is 0 Å². The maximum Gasteiger partial charge on any atom is 0.331 e. The summed E-state index contributed by atoms with van der Waals surface area (Å²) in [7, 11) is 0. The molecule has 8 nitrogen and oxygen atoms in total. The fraction of sp³-hybridized carbons (Fsp3) is 0.667. The van der Waals surface area contributed by atoms with Gasteiger partial charge in [0.15, 0.2) is 11.4 Å². The molecule has 21 heavy (non-hydrogen) atoms. The quantitative estimate of drug-likeness (QED) is 0.868. The highest BCUT2D eigenvalue weighted by Crippen LogP contribution is 2.34. The Balaban J connectivity index is 2.62. The van der Waals surface area contributed by atoms with E-state index in [1.54, 1.807) is 0 Å². The van der Waals surface area contributed by atoms with Crippen LogP contribution < -0.4 is 0 Å². The van der Waals surface area contributed by atoms with Crippen molar-refractivity contribution in [1.82, 2.24) is 29.8 Å². The topological polar surface area (TPSA) is 107 Å². The first-order valence-electron chi connectivity index (χ1n) is 6.82. The fourth-order valence-electron chi connectivity index (χ4n) is 2.29. The van der Waals surface area contributed by atoms with E-state index in [0.29, 0.717) is 18.7 Å². The number of hydrogen-bond acceptors (Lipinski definition) is 7. The summed E-state index contributed by atoms with van der Waals surface area (Å²) < 4.78 is 5.35. The molecule has 0 atom stereocenters. The lowest BCUT2D eigenvalue weighted by atomic mass is 9.93. The standard InChI is InChI=1S/C12H18N6O2S/c1-5-12(6-2,11(19)20)18-10(14-15-16-18)9-8(7(3)4)13-17-21-9/h7H,5-6H2,1-4H3,(H,19,20). The zero-order chi connectivity index (χ0) is 15.6. The van der Waals surface area contributed by atoms with Crippen molar-refractivity contribution >= 4 is 17.5 Å². The highest BCUT2D eigenvalue weighted by Gasteiger charge is 2.41. The van der Waals surface area contributed by atoms with Crippen molar-refractivity contribution < 1.29 is 9.90 Å². The van der Waals surface area contributed by atoms with E-state index in [0.717, 1.165) is 10.6 Å². The largest absolute Gasteiger partial charge is 0.479 e. The fourth-order valence-corrected chi connectivity index (χ4v) is 3.08. The first-order valence-corrected chi connectivity index (χ1v) is 7.60. The third kappa shape index (κ3) is 2.41. The van der Waals surface area contributed by atoms with Crippen LogP contribution in [0.1, 0.15) is 52.1 Å². The second-order valence-corrected chi connectivity index (χ2v) is 5.85. The van der Waals surface area contributed by atoms with Crippen molar-refractivity contribution in [3.05, 3.63) is 5.69 Å². The lowest BCUT2D eigenvalue weighted by Gasteiger charge is -2.27. The molecule has 2 heterocycles. The summed E-state index contributed by atoms with van der Waals surface area (Å²) in [6.45, 7) is 7.63. The van der Waals surface area contributed by atoms with E-state index in [1.807, 2.05) is 27.7 Å². The number of carboxylic acid groups (broad SMARTS) is 1. The van der Waals surface area contributed by atoms with Gasteiger partial charge in [-0.15, -0.1) is 10.2 Å². The molecule has 0 spiro atoms. The summed E-state index contributed by atoms with van der Waals surface area (Å²) in [5, 5.41) is 25.4. The first-order chi connectivity index (χ1) is 9.97. The Hall–Kier alpha value is -1.90. The molecule has 2 aromatic heterocycles. The third-order valence-corrected chi connectivity index (χ3v) is 4.44. The van der Waals surface area contributed by atoms with Crippen molar-refractivity contribution in [2.75, 3.05) is 0 Å². The number of aromatic nitrogens is 6. The summed E-state index contributed by atoms with van der Waals surface area (Å²) in [5.74, 6) is -0.365. The molecule has 0 aliphatic heterocycles. The molecule has 1 N–H and O–H groups in total. The summed E-state index contributed by atoms with van der Waals surface area (Å²) in [6.07, 6.45) is 0.778. The number of carboxylic acids is 1. The predicted molar refractivity (Wildman–Crippen MR) is 77.0 cm³/mol. The molecule has 0 saturated carbocycles. The average molecular weight is 310 g/mol. The van der Waals surface area contributed by atoms with E-state index in [1.165, 1.54) is 16.2 Å². The molecule has 0 unspecified atom stereocenters. The third-order valence-electron chi connectivity index (χ3n) is 3.71. The van der Waals surface area contributed by atoms with Crippen molar-refractivity contribution in [3.8, 4) is 10.7 Å². The number of hydrogen-bond donors (Lipinski definition) is 1. The lowest BCUT2D eigenvalue weighted by Crippen LogP contribution is -2.42. The van der Waals surface area contributed by atoms with Crippen molar-refractivity contribution in [1.29, 1.82) is 0 Å². The number of rotatable bonds is 6. The minimum Gasteiger partial charge on any atom is -0.479 e. The molecule has 2 rings (SSSR count). The van der Waals surface area contributed by atoms with E-state index in [4.69, 9.17) is 0 Å². The Morgan fingerprint density at radius 2 is 2.00 bits per heavy atom. The van der Waals surface area contributed by atoms with Crippen LogP contribution in [0.25, 0.3) is 10.7 Å². The normalized spacial score (nSPS) is 12.0. The van der Waals surface area contributed by atoms with Crippen molar-refractivity contribution in [2.45, 2.75) is 52.0 Å². The van der Waals surface area contributed by atoms with E-state index in [-0.39, 0.29) is 5.92 Å². The van der Waals surface area contributed by atoms with Gasteiger partial charge in [-0.05, 0) is 40.7 Å². The molecule has 0 amide bonds. The Kier molecular flexibility index (Phi) is 4.31. The molecule has 114 valence electrons. The Morgan fingerprint density at radius 3 is 2.52 bits per heavy atom. The van der Waals surface area contributed by atoms with Crippen LogP contribution in [0.5, 0.6) is 0 Å². The number of aliphatic carboxylic acids is 1. The van der Waals surface area contributed by atoms with Gasteiger partial charge in [-0.25, -0.2) is 9.48 Å². The van der Waals surface area contributed by atoms with Gasteiger partial charge in [-0.1, -0.05) is 32.2 Å². The maximum absolute atomic E-state index is 11.8. The lowest BCUT2D eigenvalue weighted by molar-refractivity contribution is -0.148. The summed E-state index contributed by atoms with van der Waals surface area (Å²) in [4.78, 5) is 12.5. The summed E-state index contributed by atoms with van der Waals surface area (Å²) >= 11 is 1.18. The highest BCUT2D eigenvalue weighted by molar-refractivity contribution is 7.09. The number of tetrazole rings is 1. The predicted octanol–water partition coefficient (Wildman–Crippen LogP) is 1.91. The Morgan fingerprint density at radius 1 is 1.33 bits per heavy atom. The van der Waals surface area contributed by atoms with E-state index < -0.39 is 11.5 Å². The summed E-state index contributed by atoms with van der Waals surface area (Å²) in [6, 6.07) is 0. The first kappa shape index (κ1) is 15.5. The molecule has 0 bridgehead atoms. The average Bonchev–Trinajstić information content (AvgIpc) is 3.08. The van der Waals surface area contributed by atoms with Crippen LogP contribution in [-0.4, -0.2) is 40.9 Å². The zero-order valence-electron chi connectivity index (χ0n) is 12.4. The Bertz CT molecular complexity index is 631. The maximum atomic E-state index is 11.8. The van der Waals surface area contributed by atoms with Crippen LogP contribution in [0.2, 0.25) is 0 Å². The molecule has 0 aliphatic rings. The van der Waals surface area contributed by atoms with Crippen LogP contribution in [0, 0.1) is 0 Å². The molecule has 0 saturated heterocycles. The zero-order valence-corrected chi connectivity index (χ0v) is 13.3. The van der Waals surface area contributed by atoms with Gasteiger partial charge in [-0.2, -0.15) is 0 Å². The van der Waals surface area contributed by atoms with E-state index in [2.05, 4.69) is 25.1 Å². The molecular weight excluding hydrogens is 292 g/mol. The molecule has 0 aliphatic carbocycles. The molecule has 0 aromatic carbocycles. The van der Waals surface area contributed by atoms with Crippen LogP contribution in [0.15, 0.2) is 0 Å². The molecule has 0 radical (unpaired) electrons. The van der Waals surface area contributed by atoms with Gasteiger partial charge in [0, 0.05) is 0 Å². The number of carbonyl (C=O) groups is 1. The molecule has 9 heteroatoms. The van der Waals surface area contributed by atoms with Gasteiger partial charge in [0.2, 0.25) is 0 Å². The van der Waals surface area contributed by atoms with Crippen LogP contribution >= 0.6 is 11.5 Å². The molecular formula is C12H18N6O2S. The SMILES string of the molecule is CCC(CC)(C(=O)O)n1nnnc1-c1snnc1C(C)C. The van der Waals surface area contributed by atoms with Gasteiger partial charge >= 0.3 is 5.97 Å². The van der Waals surface area contributed by atoms with Crippen LogP contribution in [-0.2, 0) is 10.3 Å². The molecule has 2 aromatic rings.